The molecule has 1 heterocycles. The van der Waals surface area contributed by atoms with Gasteiger partial charge in [-0.2, -0.15) is 0 Å². The summed E-state index contributed by atoms with van der Waals surface area (Å²) in [7, 11) is 0. The number of rotatable bonds is 15. The SMILES string of the molecule is CCCc1nc2c(C)cc(C(=O)N[C@@H](CSC(=O)CCC(=O)O)CC(C)C)cc2n1Cc1ccc(-c2ccccc2C(=O)O)cc1. The summed E-state index contributed by atoms with van der Waals surface area (Å²) in [5.74, 6) is -0.636. The quantitative estimate of drug-likeness (QED) is 0.126. The molecule has 4 aromatic rings. The number of thioether (sulfide) groups is 1. The molecule has 0 aliphatic carbocycles. The number of hydrogen-bond acceptors (Lipinski definition) is 6. The lowest BCUT2D eigenvalue weighted by molar-refractivity contribution is -0.137. The van der Waals surface area contributed by atoms with Gasteiger partial charge in [-0.1, -0.05) is 75.0 Å². The van der Waals surface area contributed by atoms with Crippen molar-refractivity contribution in [3.63, 3.8) is 0 Å². The van der Waals surface area contributed by atoms with E-state index in [1.165, 1.54) is 0 Å². The second kappa shape index (κ2) is 15.7. The monoisotopic (exact) mass is 643 g/mol. The van der Waals surface area contributed by atoms with Gasteiger partial charge in [0.25, 0.3) is 5.91 Å². The lowest BCUT2D eigenvalue weighted by Crippen LogP contribution is -2.38. The fourth-order valence-electron chi connectivity index (χ4n) is 5.54. The zero-order chi connectivity index (χ0) is 33.4. The number of nitrogens with zero attached hydrogens (tertiary/aromatic N) is 2. The minimum Gasteiger partial charge on any atom is -0.481 e. The zero-order valence-corrected chi connectivity index (χ0v) is 27.5. The summed E-state index contributed by atoms with van der Waals surface area (Å²) < 4.78 is 2.14. The Morgan fingerprint density at radius 2 is 1.70 bits per heavy atom. The van der Waals surface area contributed by atoms with Gasteiger partial charge < -0.3 is 20.1 Å². The zero-order valence-electron chi connectivity index (χ0n) is 26.7. The molecule has 0 saturated carbocycles. The lowest BCUT2D eigenvalue weighted by Gasteiger charge is -2.20. The number of fused-ring (bicyclic) bond motifs is 1. The van der Waals surface area contributed by atoms with Crippen LogP contribution in [-0.4, -0.2) is 54.5 Å². The van der Waals surface area contributed by atoms with Gasteiger partial charge in [-0.05, 0) is 66.1 Å². The molecule has 0 aliphatic rings. The summed E-state index contributed by atoms with van der Waals surface area (Å²) in [4.78, 5) is 53.3. The number of imidazole rings is 1. The number of aliphatic carboxylic acids is 1. The number of carboxylic acids is 2. The third kappa shape index (κ3) is 8.84. The van der Waals surface area contributed by atoms with Crippen LogP contribution in [0.1, 0.15) is 84.1 Å². The predicted octanol–water partition coefficient (Wildman–Crippen LogP) is 6.98. The molecular formula is C36H41N3O6S. The van der Waals surface area contributed by atoms with Gasteiger partial charge in [0, 0.05) is 36.7 Å². The average Bonchev–Trinajstić information content (AvgIpc) is 3.36. The average molecular weight is 644 g/mol. The van der Waals surface area contributed by atoms with E-state index in [2.05, 4.69) is 30.7 Å². The first-order valence-electron chi connectivity index (χ1n) is 15.6. The highest BCUT2D eigenvalue weighted by atomic mass is 32.2. The third-order valence-corrected chi connectivity index (χ3v) is 8.80. The molecule has 1 atom stereocenters. The van der Waals surface area contributed by atoms with Crippen molar-refractivity contribution in [1.82, 2.24) is 14.9 Å². The summed E-state index contributed by atoms with van der Waals surface area (Å²) in [5.41, 5.74) is 5.83. The maximum Gasteiger partial charge on any atom is 0.336 e. The molecule has 0 radical (unpaired) electrons. The smallest absolute Gasteiger partial charge is 0.336 e. The molecule has 3 N–H and O–H groups in total. The maximum atomic E-state index is 13.6. The Morgan fingerprint density at radius 1 is 0.978 bits per heavy atom. The molecule has 0 aliphatic heterocycles. The molecule has 3 aromatic carbocycles. The molecule has 1 amide bonds. The van der Waals surface area contributed by atoms with Crippen LogP contribution in [0.15, 0.2) is 60.7 Å². The minimum atomic E-state index is -1.01. The molecule has 1 aromatic heterocycles. The van der Waals surface area contributed by atoms with Gasteiger partial charge in [-0.25, -0.2) is 9.78 Å². The first-order chi connectivity index (χ1) is 22.0. The Labute approximate surface area is 273 Å². The largest absolute Gasteiger partial charge is 0.481 e. The van der Waals surface area contributed by atoms with E-state index in [1.54, 1.807) is 18.2 Å². The van der Waals surface area contributed by atoms with Gasteiger partial charge >= 0.3 is 11.9 Å². The number of carbonyl (C=O) groups excluding carboxylic acids is 2. The fourth-order valence-corrected chi connectivity index (χ4v) is 6.39. The molecule has 0 saturated heterocycles. The van der Waals surface area contributed by atoms with E-state index in [0.29, 0.717) is 29.8 Å². The minimum absolute atomic E-state index is 0.0410. The standard InChI is InChI=1S/C36H41N3O6S/c1-5-8-31-38-34-23(4)18-26(35(43)37-27(17-22(2)3)21-46-33(42)16-15-32(40)41)19-30(34)39(31)20-24-11-13-25(14-12-24)28-9-6-7-10-29(28)36(44)45/h6-7,9-14,18-19,22,27H,5,8,15-17,20-21H2,1-4H3,(H,37,43)(H,40,41)(H,44,45)/t27-/m1/s1. The molecule has 0 unspecified atom stereocenters. The summed E-state index contributed by atoms with van der Waals surface area (Å²) in [6.45, 7) is 8.68. The Bertz CT molecular complexity index is 1730. The van der Waals surface area contributed by atoms with Crippen LogP contribution in [0.3, 0.4) is 0 Å². The van der Waals surface area contributed by atoms with Gasteiger partial charge in [0.1, 0.15) is 5.82 Å². The molecule has 9 nitrogen and oxygen atoms in total. The van der Waals surface area contributed by atoms with Crippen molar-refractivity contribution in [2.45, 2.75) is 72.4 Å². The lowest BCUT2D eigenvalue weighted by atomic mass is 9.98. The molecule has 10 heteroatoms. The molecule has 46 heavy (non-hydrogen) atoms. The van der Waals surface area contributed by atoms with Crippen molar-refractivity contribution in [3.8, 4) is 11.1 Å². The van der Waals surface area contributed by atoms with Gasteiger partial charge in [-0.3, -0.25) is 14.4 Å². The summed E-state index contributed by atoms with van der Waals surface area (Å²) in [6, 6.07) is 18.2. The van der Waals surface area contributed by atoms with Crippen LogP contribution in [0.25, 0.3) is 22.2 Å². The highest BCUT2D eigenvalue weighted by molar-refractivity contribution is 8.13. The normalized spacial score (nSPS) is 11.9. The maximum absolute atomic E-state index is 13.6. The van der Waals surface area contributed by atoms with Gasteiger partial charge in [0.2, 0.25) is 0 Å². The Kier molecular flexibility index (Phi) is 11.8. The number of aromatic nitrogens is 2. The number of benzene rings is 3. The van der Waals surface area contributed by atoms with Crippen LogP contribution >= 0.6 is 11.8 Å². The fraction of sp³-hybridized carbons (Fsp3) is 0.361. The molecular weight excluding hydrogens is 602 g/mol. The third-order valence-electron chi connectivity index (χ3n) is 7.70. The second-order valence-corrected chi connectivity index (χ2v) is 13.0. The molecule has 242 valence electrons. The Morgan fingerprint density at radius 3 is 2.35 bits per heavy atom. The summed E-state index contributed by atoms with van der Waals surface area (Å²) in [5, 5.41) is 21.4. The van der Waals surface area contributed by atoms with E-state index in [4.69, 9.17) is 10.1 Å². The number of nitrogens with one attached hydrogen (secondary N) is 1. The predicted molar refractivity (Wildman–Crippen MR) is 181 cm³/mol. The second-order valence-electron chi connectivity index (χ2n) is 11.9. The highest BCUT2D eigenvalue weighted by Gasteiger charge is 2.21. The van der Waals surface area contributed by atoms with E-state index in [1.807, 2.05) is 49.4 Å². The van der Waals surface area contributed by atoms with Crippen molar-refractivity contribution in [3.05, 3.63) is 88.7 Å². The van der Waals surface area contributed by atoms with Crippen molar-refractivity contribution in [2.75, 3.05) is 5.75 Å². The van der Waals surface area contributed by atoms with Crippen LogP contribution in [0.4, 0.5) is 0 Å². The molecule has 0 spiro atoms. The van der Waals surface area contributed by atoms with E-state index >= 15 is 0 Å². The number of carbonyl (C=O) groups is 4. The number of carboxylic acid groups (broad SMARTS) is 2. The van der Waals surface area contributed by atoms with Crippen molar-refractivity contribution in [2.24, 2.45) is 5.92 Å². The van der Waals surface area contributed by atoms with E-state index in [0.717, 1.165) is 58.2 Å². The highest BCUT2D eigenvalue weighted by Crippen LogP contribution is 2.27. The molecule has 0 bridgehead atoms. The van der Waals surface area contributed by atoms with Crippen LogP contribution < -0.4 is 5.32 Å². The van der Waals surface area contributed by atoms with Crippen LogP contribution in [0.2, 0.25) is 0 Å². The summed E-state index contributed by atoms with van der Waals surface area (Å²) in [6.07, 6.45) is 2.10. The Balaban J connectivity index is 1.60. The van der Waals surface area contributed by atoms with Crippen molar-refractivity contribution >= 4 is 45.8 Å². The number of hydrogen-bond donors (Lipinski definition) is 3. The van der Waals surface area contributed by atoms with E-state index in [-0.39, 0.29) is 41.4 Å². The van der Waals surface area contributed by atoms with Crippen LogP contribution in [0.5, 0.6) is 0 Å². The first kappa shape index (κ1) is 34.4. The number of aryl methyl sites for hydroxylation is 2. The van der Waals surface area contributed by atoms with E-state index < -0.39 is 11.9 Å². The van der Waals surface area contributed by atoms with E-state index in [9.17, 15) is 24.3 Å². The molecule has 4 rings (SSSR count). The first-order valence-corrected chi connectivity index (χ1v) is 16.5. The van der Waals surface area contributed by atoms with Gasteiger partial charge in [-0.15, -0.1) is 0 Å². The van der Waals surface area contributed by atoms with Crippen LogP contribution in [-0.2, 0) is 22.6 Å². The van der Waals surface area contributed by atoms with Crippen molar-refractivity contribution < 1.29 is 29.4 Å². The number of aromatic carboxylic acids is 1. The van der Waals surface area contributed by atoms with Crippen molar-refractivity contribution in [1.29, 1.82) is 0 Å². The van der Waals surface area contributed by atoms with Gasteiger partial charge in [0.15, 0.2) is 5.12 Å². The number of amides is 1. The molecule has 0 fully saturated rings. The topological polar surface area (TPSA) is 139 Å². The van der Waals surface area contributed by atoms with Crippen LogP contribution in [0, 0.1) is 12.8 Å². The van der Waals surface area contributed by atoms with Gasteiger partial charge in [0.05, 0.1) is 23.0 Å². The Hall–Kier alpha value is -4.44. The summed E-state index contributed by atoms with van der Waals surface area (Å²) >= 11 is 1.07.